The first-order valence-electron chi connectivity index (χ1n) is 4.36. The topological polar surface area (TPSA) is 26.3 Å². The van der Waals surface area contributed by atoms with Crippen molar-refractivity contribution < 1.29 is 28.4 Å². The average molecular weight is 162 g/mol. The molecule has 0 atom stereocenters. The predicted molar refractivity (Wildman–Crippen MR) is 43.0 cm³/mol. The third-order valence-corrected chi connectivity index (χ3v) is 2.02. The minimum absolute atomic E-state index is 0. The largest absolute Gasteiger partial charge is 1.00 e. The van der Waals surface area contributed by atoms with Gasteiger partial charge in [0.15, 0.2) is 5.97 Å². The van der Waals surface area contributed by atoms with Crippen LogP contribution in [0.25, 0.3) is 0 Å². The number of esters is 1. The Balaban J connectivity index is 0.00000121. The molecular formula is C9H15LiO2. The molecule has 0 bridgehead atoms. The Morgan fingerprint density at radius 2 is 1.92 bits per heavy atom. The van der Waals surface area contributed by atoms with E-state index in [4.69, 9.17) is 4.74 Å². The van der Waals surface area contributed by atoms with Gasteiger partial charge in [-0.2, -0.15) is 12.8 Å². The van der Waals surface area contributed by atoms with Crippen LogP contribution < -0.4 is 18.9 Å². The summed E-state index contributed by atoms with van der Waals surface area (Å²) in [7, 11) is 0. The van der Waals surface area contributed by atoms with Crippen molar-refractivity contribution in [3.05, 3.63) is 5.92 Å². The second-order valence-corrected chi connectivity index (χ2v) is 2.88. The maximum absolute atomic E-state index is 11.1. The van der Waals surface area contributed by atoms with E-state index in [-0.39, 0.29) is 24.8 Å². The Hall–Kier alpha value is -0.0626. The van der Waals surface area contributed by atoms with Crippen LogP contribution in [0.4, 0.5) is 0 Å². The van der Waals surface area contributed by atoms with Gasteiger partial charge in [-0.3, -0.25) is 10.7 Å². The van der Waals surface area contributed by atoms with Crippen molar-refractivity contribution in [1.82, 2.24) is 0 Å². The maximum atomic E-state index is 11.1. The van der Waals surface area contributed by atoms with Gasteiger partial charge in [-0.05, 0) is 6.92 Å². The van der Waals surface area contributed by atoms with Crippen molar-refractivity contribution in [2.45, 2.75) is 39.0 Å². The zero-order valence-electron chi connectivity index (χ0n) is 8.06. The van der Waals surface area contributed by atoms with Gasteiger partial charge >= 0.3 is 18.9 Å². The van der Waals surface area contributed by atoms with Crippen LogP contribution in [0.15, 0.2) is 0 Å². The summed E-state index contributed by atoms with van der Waals surface area (Å²) in [6.07, 6.45) is 5.50. The van der Waals surface area contributed by atoms with Gasteiger partial charge in [0, 0.05) is 0 Å². The molecule has 1 saturated carbocycles. The Morgan fingerprint density at radius 3 is 2.42 bits per heavy atom. The van der Waals surface area contributed by atoms with E-state index >= 15 is 0 Å². The molecule has 0 saturated heterocycles. The molecule has 2 nitrogen and oxygen atoms in total. The molecule has 12 heavy (non-hydrogen) atoms. The molecule has 0 aromatic rings. The summed E-state index contributed by atoms with van der Waals surface area (Å²) < 4.78 is 4.91. The minimum atomic E-state index is -0.0628. The fourth-order valence-electron chi connectivity index (χ4n) is 1.42. The zero-order valence-corrected chi connectivity index (χ0v) is 8.06. The van der Waals surface area contributed by atoms with E-state index in [9.17, 15) is 4.79 Å². The molecule has 1 aliphatic carbocycles. The Labute approximate surface area is 86.2 Å². The second-order valence-electron chi connectivity index (χ2n) is 2.88. The number of ether oxygens (including phenoxy) is 1. The molecule has 0 aromatic carbocycles. The first kappa shape index (κ1) is 11.9. The van der Waals surface area contributed by atoms with Crippen LogP contribution in [0.1, 0.15) is 39.0 Å². The number of carbonyl (C=O) groups excluding carboxylic acids is 1. The van der Waals surface area contributed by atoms with Gasteiger partial charge in [0.2, 0.25) is 0 Å². The van der Waals surface area contributed by atoms with Gasteiger partial charge < -0.3 is 4.74 Å². The van der Waals surface area contributed by atoms with Gasteiger partial charge in [0.05, 0.1) is 6.61 Å². The van der Waals surface area contributed by atoms with Crippen LogP contribution in [-0.2, 0) is 9.53 Å². The van der Waals surface area contributed by atoms with Crippen molar-refractivity contribution in [2.75, 3.05) is 6.61 Å². The molecular weight excluding hydrogens is 147 g/mol. The second kappa shape index (κ2) is 6.45. The smallest absolute Gasteiger partial charge is 0.488 e. The monoisotopic (exact) mass is 162 g/mol. The third-order valence-electron chi connectivity index (χ3n) is 2.02. The van der Waals surface area contributed by atoms with E-state index in [0.29, 0.717) is 6.61 Å². The molecule has 0 heterocycles. The summed E-state index contributed by atoms with van der Waals surface area (Å²) in [6, 6.07) is 0. The molecule has 0 amide bonds. The van der Waals surface area contributed by atoms with E-state index in [1.807, 2.05) is 6.92 Å². The Morgan fingerprint density at radius 1 is 1.33 bits per heavy atom. The third kappa shape index (κ3) is 3.56. The molecule has 1 fully saturated rings. The molecule has 0 unspecified atom stereocenters. The average Bonchev–Trinajstić information content (AvgIpc) is 2.07. The van der Waals surface area contributed by atoms with Crippen molar-refractivity contribution >= 4 is 5.97 Å². The van der Waals surface area contributed by atoms with Gasteiger partial charge in [-0.15, -0.1) is 0 Å². The first-order chi connectivity index (χ1) is 5.34. The van der Waals surface area contributed by atoms with Crippen LogP contribution in [0.3, 0.4) is 0 Å². The van der Waals surface area contributed by atoms with Crippen molar-refractivity contribution in [3.8, 4) is 0 Å². The molecule has 1 rings (SSSR count). The van der Waals surface area contributed by atoms with Crippen LogP contribution in [-0.4, -0.2) is 12.6 Å². The number of hydrogen-bond donors (Lipinski definition) is 0. The number of rotatable bonds is 2. The predicted octanol–water partition coefficient (Wildman–Crippen LogP) is -0.908. The summed E-state index contributed by atoms with van der Waals surface area (Å²) in [6.45, 7) is 2.35. The van der Waals surface area contributed by atoms with E-state index < -0.39 is 0 Å². The maximum Gasteiger partial charge on any atom is 1.00 e. The van der Waals surface area contributed by atoms with Crippen molar-refractivity contribution in [1.29, 1.82) is 0 Å². The summed E-state index contributed by atoms with van der Waals surface area (Å²) in [4.78, 5) is 11.1. The molecule has 64 valence electrons. The van der Waals surface area contributed by atoms with Crippen molar-refractivity contribution in [3.63, 3.8) is 0 Å². The first-order valence-corrected chi connectivity index (χ1v) is 4.36. The normalized spacial score (nSPS) is 16.6. The summed E-state index contributed by atoms with van der Waals surface area (Å²) in [5, 5.41) is 0. The van der Waals surface area contributed by atoms with Gasteiger partial charge in [0.25, 0.3) is 0 Å². The molecule has 0 spiro atoms. The zero-order chi connectivity index (χ0) is 8.10. The Kier molecular flexibility index (Phi) is 6.42. The summed E-state index contributed by atoms with van der Waals surface area (Å²) in [5.41, 5.74) is 0. The van der Waals surface area contributed by atoms with E-state index in [2.05, 4.69) is 0 Å². The molecule has 0 radical (unpaired) electrons. The fourth-order valence-corrected chi connectivity index (χ4v) is 1.42. The van der Waals surface area contributed by atoms with Gasteiger partial charge in [-0.1, -0.05) is 19.3 Å². The van der Waals surface area contributed by atoms with Crippen molar-refractivity contribution in [2.24, 2.45) is 0 Å². The molecule has 3 heteroatoms. The van der Waals surface area contributed by atoms with Crippen LogP contribution in [0.5, 0.6) is 0 Å². The standard InChI is InChI=1S/C9H15O2.Li/c1-2-11-9(10)8-6-4-3-5-7-8;/h2-7H2,1H3;/q-1;+1. The molecule has 0 aromatic heterocycles. The Bertz CT molecular complexity index is 130. The minimum Gasteiger partial charge on any atom is -0.488 e. The summed E-state index contributed by atoms with van der Waals surface area (Å²) >= 11 is 0. The van der Waals surface area contributed by atoms with E-state index in [1.54, 1.807) is 0 Å². The fraction of sp³-hybridized carbons (Fsp3) is 0.778. The molecule has 0 aliphatic heterocycles. The number of hydrogen-bond acceptors (Lipinski definition) is 2. The van der Waals surface area contributed by atoms with Gasteiger partial charge in [0.1, 0.15) is 0 Å². The summed E-state index contributed by atoms with van der Waals surface area (Å²) in [5.74, 6) is 0.935. The molecule has 0 N–H and O–H groups in total. The van der Waals surface area contributed by atoms with Crippen LogP contribution >= 0.6 is 0 Å². The van der Waals surface area contributed by atoms with Crippen LogP contribution in [0, 0.1) is 5.92 Å². The van der Waals surface area contributed by atoms with Crippen LogP contribution in [0.2, 0.25) is 0 Å². The van der Waals surface area contributed by atoms with E-state index in [1.165, 1.54) is 6.42 Å². The van der Waals surface area contributed by atoms with E-state index in [0.717, 1.165) is 31.6 Å². The molecule has 1 aliphatic rings. The van der Waals surface area contributed by atoms with Gasteiger partial charge in [-0.25, -0.2) is 0 Å². The quantitative estimate of drug-likeness (QED) is 0.298. The number of carbonyl (C=O) groups is 1. The SMILES string of the molecule is CCOC(=O)[C-]1CCCCC1.[Li+].